The predicted molar refractivity (Wildman–Crippen MR) is 115 cm³/mol. The van der Waals surface area contributed by atoms with E-state index in [0.717, 1.165) is 57.2 Å². The molecule has 0 aromatic carbocycles. The number of nitrogens with zero attached hydrogens (tertiary/aromatic N) is 5. The highest BCUT2D eigenvalue weighted by Gasteiger charge is 2.26. The minimum Gasteiger partial charge on any atom is -0.355 e. The lowest BCUT2D eigenvalue weighted by Crippen LogP contribution is -2.42. The summed E-state index contributed by atoms with van der Waals surface area (Å²) in [6, 6.07) is 1.50. The highest BCUT2D eigenvalue weighted by molar-refractivity contribution is 7.20. The Labute approximate surface area is 174 Å². The average Bonchev–Trinajstić information content (AvgIpc) is 2.97. The van der Waals surface area contributed by atoms with Crippen LogP contribution < -0.4 is 15.8 Å². The van der Waals surface area contributed by atoms with Gasteiger partial charge in [0.15, 0.2) is 0 Å². The second-order valence-corrected chi connectivity index (χ2v) is 9.06. The number of fused-ring (bicyclic) bond motifs is 1. The lowest BCUT2D eigenvalue weighted by Gasteiger charge is -2.30. The van der Waals surface area contributed by atoms with E-state index in [1.54, 1.807) is 0 Å². The van der Waals surface area contributed by atoms with Crippen LogP contribution in [0.4, 0.5) is 5.13 Å². The Morgan fingerprint density at radius 3 is 2.62 bits per heavy atom. The number of hydrogen-bond donors (Lipinski definition) is 1. The van der Waals surface area contributed by atoms with Crippen LogP contribution in [0.2, 0.25) is 0 Å². The molecule has 0 radical (unpaired) electrons. The molecule has 1 N–H and O–H groups in total. The van der Waals surface area contributed by atoms with Crippen molar-refractivity contribution in [3.8, 4) is 0 Å². The zero-order valence-electron chi connectivity index (χ0n) is 17.1. The van der Waals surface area contributed by atoms with Crippen LogP contribution in [0.1, 0.15) is 44.2 Å². The number of aromatic nitrogens is 3. The lowest BCUT2D eigenvalue weighted by atomic mass is 9.96. The van der Waals surface area contributed by atoms with Gasteiger partial charge in [0.25, 0.3) is 5.56 Å². The van der Waals surface area contributed by atoms with Crippen molar-refractivity contribution in [1.82, 2.24) is 24.8 Å². The number of amides is 1. The van der Waals surface area contributed by atoms with Crippen molar-refractivity contribution < 1.29 is 4.79 Å². The molecule has 0 spiro atoms. The van der Waals surface area contributed by atoms with E-state index in [2.05, 4.69) is 25.2 Å². The molecule has 8 nitrogen and oxygen atoms in total. The summed E-state index contributed by atoms with van der Waals surface area (Å²) in [6.45, 7) is 7.39. The molecule has 0 saturated carbocycles. The maximum Gasteiger partial charge on any atom is 0.275 e. The Hall–Kier alpha value is -2.00. The monoisotopic (exact) mass is 418 g/mol. The molecule has 2 aromatic rings. The van der Waals surface area contributed by atoms with Gasteiger partial charge in [-0.3, -0.25) is 9.59 Å². The number of carbonyl (C=O) groups excluding carboxylic acids is 1. The third kappa shape index (κ3) is 4.95. The molecule has 1 amide bonds. The highest BCUT2D eigenvalue weighted by Crippen LogP contribution is 2.26. The van der Waals surface area contributed by atoms with Crippen molar-refractivity contribution >= 4 is 27.3 Å². The van der Waals surface area contributed by atoms with Crippen LogP contribution in [0.15, 0.2) is 10.9 Å². The smallest absolute Gasteiger partial charge is 0.275 e. The molecule has 2 aromatic heterocycles. The fourth-order valence-corrected chi connectivity index (χ4v) is 5.22. The van der Waals surface area contributed by atoms with E-state index in [1.807, 2.05) is 6.92 Å². The van der Waals surface area contributed by atoms with Gasteiger partial charge in [-0.25, -0.2) is 4.98 Å². The maximum absolute atomic E-state index is 12.6. The fourth-order valence-electron chi connectivity index (χ4n) is 4.21. The molecule has 2 fully saturated rings. The first-order valence-corrected chi connectivity index (χ1v) is 11.5. The van der Waals surface area contributed by atoms with E-state index in [0.29, 0.717) is 10.7 Å². The van der Waals surface area contributed by atoms with E-state index in [4.69, 9.17) is 0 Å². The summed E-state index contributed by atoms with van der Waals surface area (Å²) in [5, 5.41) is 8.38. The van der Waals surface area contributed by atoms with Crippen LogP contribution in [0.25, 0.3) is 4.96 Å². The largest absolute Gasteiger partial charge is 0.355 e. The first-order valence-electron chi connectivity index (χ1n) is 10.7. The molecule has 158 valence electrons. The zero-order chi connectivity index (χ0) is 20.2. The van der Waals surface area contributed by atoms with Crippen LogP contribution in [-0.2, 0) is 4.79 Å². The van der Waals surface area contributed by atoms with Crippen LogP contribution >= 0.6 is 11.3 Å². The summed E-state index contributed by atoms with van der Waals surface area (Å²) >= 11 is 1.43. The number of hydrogen-bond acceptors (Lipinski definition) is 7. The Bertz CT molecular complexity index is 894. The van der Waals surface area contributed by atoms with Crippen molar-refractivity contribution in [2.45, 2.75) is 45.4 Å². The van der Waals surface area contributed by atoms with Gasteiger partial charge in [-0.1, -0.05) is 24.2 Å². The standard InChI is InChI=1S/C20H30N6O2S/c1-15-14-17(27)26-19(22-15)29-20(23-26)25-11-6-16(7-12-25)18(28)21-8-13-24-9-4-2-3-5-10-24/h14,16H,2-13H2,1H3,(H,21,28). The Morgan fingerprint density at radius 2 is 1.90 bits per heavy atom. The number of anilines is 1. The predicted octanol–water partition coefficient (Wildman–Crippen LogP) is 1.67. The Balaban J connectivity index is 1.26. The molecule has 0 aliphatic carbocycles. The molecule has 0 bridgehead atoms. The van der Waals surface area contributed by atoms with Gasteiger partial charge < -0.3 is 15.1 Å². The van der Waals surface area contributed by atoms with Crippen LogP contribution in [0.5, 0.6) is 0 Å². The van der Waals surface area contributed by atoms with Gasteiger partial charge in [-0.05, 0) is 45.7 Å². The van der Waals surface area contributed by atoms with E-state index in [-0.39, 0.29) is 17.4 Å². The zero-order valence-corrected chi connectivity index (χ0v) is 17.9. The number of carbonyl (C=O) groups is 1. The van der Waals surface area contributed by atoms with Gasteiger partial charge in [-0.2, -0.15) is 4.52 Å². The molecular weight excluding hydrogens is 388 g/mol. The van der Waals surface area contributed by atoms with E-state index < -0.39 is 0 Å². The molecule has 29 heavy (non-hydrogen) atoms. The van der Waals surface area contributed by atoms with Crippen LogP contribution in [0, 0.1) is 12.8 Å². The number of likely N-dealkylation sites (tertiary alicyclic amines) is 1. The topological polar surface area (TPSA) is 82.8 Å². The summed E-state index contributed by atoms with van der Waals surface area (Å²) in [6.07, 6.45) is 6.85. The van der Waals surface area contributed by atoms with E-state index in [1.165, 1.54) is 47.6 Å². The van der Waals surface area contributed by atoms with Crippen LogP contribution in [0.3, 0.4) is 0 Å². The van der Waals surface area contributed by atoms with Gasteiger partial charge in [0.2, 0.25) is 16.0 Å². The van der Waals surface area contributed by atoms with Crippen molar-refractivity contribution in [2.24, 2.45) is 5.92 Å². The van der Waals surface area contributed by atoms with E-state index in [9.17, 15) is 9.59 Å². The first kappa shape index (κ1) is 20.3. The minimum atomic E-state index is -0.145. The SMILES string of the molecule is Cc1cc(=O)n2nc(N3CCC(C(=O)NCCN4CCCCCC4)CC3)sc2n1. The number of nitrogens with one attached hydrogen (secondary N) is 1. The fraction of sp³-hybridized carbons (Fsp3) is 0.700. The third-order valence-corrected chi connectivity index (χ3v) is 6.89. The summed E-state index contributed by atoms with van der Waals surface area (Å²) in [7, 11) is 0. The second kappa shape index (κ2) is 9.21. The molecule has 9 heteroatoms. The van der Waals surface area contributed by atoms with Crippen LogP contribution in [-0.4, -0.2) is 64.7 Å². The maximum atomic E-state index is 12.6. The van der Waals surface area contributed by atoms with Gasteiger partial charge in [0.05, 0.1) is 0 Å². The molecular formula is C20H30N6O2S. The van der Waals surface area contributed by atoms with Gasteiger partial charge >= 0.3 is 0 Å². The van der Waals surface area contributed by atoms with Gasteiger partial charge in [0, 0.05) is 43.9 Å². The number of piperidine rings is 1. The molecule has 4 rings (SSSR count). The number of aryl methyl sites for hydroxylation is 1. The lowest BCUT2D eigenvalue weighted by molar-refractivity contribution is -0.125. The molecule has 4 heterocycles. The normalized spacial score (nSPS) is 19.4. The van der Waals surface area contributed by atoms with Crippen molar-refractivity contribution in [3.63, 3.8) is 0 Å². The molecule has 2 saturated heterocycles. The van der Waals surface area contributed by atoms with Crippen molar-refractivity contribution in [1.29, 1.82) is 0 Å². The Kier molecular flexibility index (Phi) is 6.44. The average molecular weight is 419 g/mol. The summed E-state index contributed by atoms with van der Waals surface area (Å²) in [4.78, 5) is 34.3. The summed E-state index contributed by atoms with van der Waals surface area (Å²) in [5.74, 6) is 0.241. The quantitative estimate of drug-likeness (QED) is 0.795. The summed E-state index contributed by atoms with van der Waals surface area (Å²) in [5.41, 5.74) is 0.564. The van der Waals surface area contributed by atoms with Crippen molar-refractivity contribution in [2.75, 3.05) is 44.2 Å². The molecule has 2 aliphatic heterocycles. The summed E-state index contributed by atoms with van der Waals surface area (Å²) < 4.78 is 1.37. The Morgan fingerprint density at radius 1 is 1.17 bits per heavy atom. The van der Waals surface area contributed by atoms with E-state index >= 15 is 0 Å². The highest BCUT2D eigenvalue weighted by atomic mass is 32.1. The third-order valence-electron chi connectivity index (χ3n) is 5.92. The van der Waals surface area contributed by atoms with Gasteiger partial charge in [0.1, 0.15) is 0 Å². The molecule has 0 atom stereocenters. The molecule has 0 unspecified atom stereocenters. The van der Waals surface area contributed by atoms with Gasteiger partial charge in [-0.15, -0.1) is 5.10 Å². The second-order valence-electron chi connectivity index (χ2n) is 8.12. The molecule has 2 aliphatic rings. The first-order chi connectivity index (χ1) is 14.1. The van der Waals surface area contributed by atoms with Crippen molar-refractivity contribution in [3.05, 3.63) is 22.1 Å². The minimum absolute atomic E-state index is 0.0628. The number of rotatable bonds is 5.